The first-order valence-electron chi connectivity index (χ1n) is 5.73. The number of hydrogen-bond acceptors (Lipinski definition) is 4. The van der Waals surface area contributed by atoms with Gasteiger partial charge in [-0.1, -0.05) is 35.5 Å². The zero-order valence-corrected chi connectivity index (χ0v) is 9.63. The summed E-state index contributed by atoms with van der Waals surface area (Å²) in [5, 5.41) is 6.59. The summed E-state index contributed by atoms with van der Waals surface area (Å²) in [6.07, 6.45) is 0. The Morgan fingerprint density at radius 1 is 1.28 bits per heavy atom. The van der Waals surface area contributed by atoms with Crippen LogP contribution < -0.4 is 5.32 Å². The predicted octanol–water partition coefficient (Wildman–Crippen LogP) is 1.47. The van der Waals surface area contributed by atoms with E-state index in [1.165, 1.54) is 0 Å². The molecule has 1 amide bonds. The molecular weight excluding hydrogens is 232 g/mol. The molecule has 18 heavy (non-hydrogen) atoms. The molecule has 0 atom stereocenters. The first-order valence-corrected chi connectivity index (χ1v) is 5.73. The van der Waals surface area contributed by atoms with Crippen LogP contribution >= 0.6 is 0 Å². The van der Waals surface area contributed by atoms with Gasteiger partial charge in [0.05, 0.1) is 19.3 Å². The average molecular weight is 244 g/mol. The molecule has 5 nitrogen and oxygen atoms in total. The molecule has 1 saturated heterocycles. The Kier molecular flexibility index (Phi) is 2.82. The Labute approximate surface area is 104 Å². The van der Waals surface area contributed by atoms with Crippen molar-refractivity contribution in [3.8, 4) is 11.3 Å². The van der Waals surface area contributed by atoms with Crippen LogP contribution in [0.2, 0.25) is 0 Å². The molecule has 0 unspecified atom stereocenters. The van der Waals surface area contributed by atoms with Crippen molar-refractivity contribution in [2.75, 3.05) is 13.2 Å². The lowest BCUT2D eigenvalue weighted by Gasteiger charge is -2.26. The van der Waals surface area contributed by atoms with Gasteiger partial charge in [0.15, 0.2) is 11.5 Å². The zero-order valence-electron chi connectivity index (χ0n) is 9.63. The maximum absolute atomic E-state index is 11.8. The minimum atomic E-state index is -0.228. The molecule has 5 heteroatoms. The van der Waals surface area contributed by atoms with Crippen molar-refractivity contribution < 1.29 is 14.1 Å². The summed E-state index contributed by atoms with van der Waals surface area (Å²) in [6.45, 7) is 1.13. The van der Waals surface area contributed by atoms with Gasteiger partial charge in [0.25, 0.3) is 5.91 Å². The molecule has 1 fully saturated rings. The van der Waals surface area contributed by atoms with E-state index in [4.69, 9.17) is 9.26 Å². The second-order valence-corrected chi connectivity index (χ2v) is 4.15. The Balaban J connectivity index is 1.74. The predicted molar refractivity (Wildman–Crippen MR) is 64.0 cm³/mol. The highest BCUT2D eigenvalue weighted by atomic mass is 16.5. The number of nitrogens with one attached hydrogen (secondary N) is 1. The van der Waals surface area contributed by atoms with Gasteiger partial charge in [0.1, 0.15) is 0 Å². The maximum atomic E-state index is 11.8. The summed E-state index contributed by atoms with van der Waals surface area (Å²) in [6, 6.07) is 11.3. The highest BCUT2D eigenvalue weighted by Crippen LogP contribution is 2.19. The molecule has 1 aromatic heterocycles. The van der Waals surface area contributed by atoms with Gasteiger partial charge in [-0.05, 0) is 0 Å². The van der Waals surface area contributed by atoms with Crippen molar-refractivity contribution in [3.63, 3.8) is 0 Å². The topological polar surface area (TPSA) is 64.4 Å². The molecule has 1 aliphatic rings. The van der Waals surface area contributed by atoms with E-state index in [0.29, 0.717) is 24.7 Å². The lowest BCUT2D eigenvalue weighted by Crippen LogP contribution is -2.48. The van der Waals surface area contributed by atoms with Crippen LogP contribution in [-0.2, 0) is 4.74 Å². The Morgan fingerprint density at radius 3 is 2.72 bits per heavy atom. The first-order chi connectivity index (χ1) is 8.83. The first kappa shape index (κ1) is 11.0. The van der Waals surface area contributed by atoms with Gasteiger partial charge in [-0.15, -0.1) is 0 Å². The molecule has 0 bridgehead atoms. The largest absolute Gasteiger partial charge is 0.377 e. The monoisotopic (exact) mass is 244 g/mol. The lowest BCUT2D eigenvalue weighted by molar-refractivity contribution is -0.00360. The molecule has 1 N–H and O–H groups in total. The van der Waals surface area contributed by atoms with E-state index in [1.54, 1.807) is 6.07 Å². The summed E-state index contributed by atoms with van der Waals surface area (Å²) >= 11 is 0. The highest BCUT2D eigenvalue weighted by Gasteiger charge is 2.22. The molecule has 0 radical (unpaired) electrons. The fourth-order valence-electron chi connectivity index (χ4n) is 1.70. The third kappa shape index (κ3) is 2.12. The standard InChI is InChI=1S/C13H12N2O3/c16-13(14-10-7-17-8-10)11-6-12(18-15-11)9-4-2-1-3-5-9/h1-6,10H,7-8H2,(H,14,16). The van der Waals surface area contributed by atoms with Gasteiger partial charge in [-0.3, -0.25) is 4.79 Å². The van der Waals surface area contributed by atoms with Gasteiger partial charge >= 0.3 is 0 Å². The van der Waals surface area contributed by atoms with Crippen molar-refractivity contribution in [2.24, 2.45) is 0 Å². The minimum absolute atomic E-state index is 0.0920. The molecule has 2 heterocycles. The number of benzene rings is 1. The van der Waals surface area contributed by atoms with Crippen molar-refractivity contribution >= 4 is 5.91 Å². The van der Waals surface area contributed by atoms with E-state index in [-0.39, 0.29) is 11.9 Å². The number of rotatable bonds is 3. The number of hydrogen-bond donors (Lipinski definition) is 1. The minimum Gasteiger partial charge on any atom is -0.377 e. The molecule has 0 spiro atoms. The van der Waals surface area contributed by atoms with Crippen LogP contribution in [0.25, 0.3) is 11.3 Å². The lowest BCUT2D eigenvalue weighted by atomic mass is 10.1. The van der Waals surface area contributed by atoms with Crippen LogP contribution in [-0.4, -0.2) is 30.3 Å². The smallest absolute Gasteiger partial charge is 0.273 e. The van der Waals surface area contributed by atoms with E-state index < -0.39 is 0 Å². The van der Waals surface area contributed by atoms with E-state index in [9.17, 15) is 4.79 Å². The Hall–Kier alpha value is -2.14. The van der Waals surface area contributed by atoms with Crippen LogP contribution in [0.5, 0.6) is 0 Å². The summed E-state index contributed by atoms with van der Waals surface area (Å²) in [5.74, 6) is 0.361. The van der Waals surface area contributed by atoms with Gasteiger partial charge in [-0.2, -0.15) is 0 Å². The van der Waals surface area contributed by atoms with Gasteiger partial charge in [-0.25, -0.2) is 0 Å². The van der Waals surface area contributed by atoms with E-state index >= 15 is 0 Å². The summed E-state index contributed by atoms with van der Waals surface area (Å²) in [4.78, 5) is 11.8. The number of aromatic nitrogens is 1. The third-order valence-corrected chi connectivity index (χ3v) is 2.77. The molecular formula is C13H12N2O3. The van der Waals surface area contributed by atoms with Crippen molar-refractivity contribution in [2.45, 2.75) is 6.04 Å². The SMILES string of the molecule is O=C(NC1COC1)c1cc(-c2ccccc2)on1. The van der Waals surface area contributed by atoms with Crippen LogP contribution in [0.15, 0.2) is 40.9 Å². The van der Waals surface area contributed by atoms with Crippen LogP contribution in [0.3, 0.4) is 0 Å². The Morgan fingerprint density at radius 2 is 2.06 bits per heavy atom. The summed E-state index contributed by atoms with van der Waals surface area (Å²) in [7, 11) is 0. The van der Waals surface area contributed by atoms with E-state index in [2.05, 4.69) is 10.5 Å². The zero-order chi connectivity index (χ0) is 12.4. The molecule has 1 aromatic carbocycles. The highest BCUT2D eigenvalue weighted by molar-refractivity contribution is 5.93. The fourth-order valence-corrected chi connectivity index (χ4v) is 1.70. The summed E-state index contributed by atoms with van der Waals surface area (Å²) < 4.78 is 10.2. The molecule has 0 aliphatic carbocycles. The van der Waals surface area contributed by atoms with E-state index in [0.717, 1.165) is 5.56 Å². The van der Waals surface area contributed by atoms with Crippen molar-refractivity contribution in [3.05, 3.63) is 42.1 Å². The Bertz CT molecular complexity index is 546. The normalized spacial score (nSPS) is 15.1. The number of carbonyl (C=O) groups excluding carboxylic acids is 1. The third-order valence-electron chi connectivity index (χ3n) is 2.77. The molecule has 0 saturated carbocycles. The van der Waals surface area contributed by atoms with Crippen LogP contribution in [0.1, 0.15) is 10.5 Å². The summed E-state index contributed by atoms with van der Waals surface area (Å²) in [5.41, 5.74) is 1.19. The quantitative estimate of drug-likeness (QED) is 0.888. The number of carbonyl (C=O) groups is 1. The molecule has 92 valence electrons. The second kappa shape index (κ2) is 4.62. The van der Waals surface area contributed by atoms with Crippen molar-refractivity contribution in [1.29, 1.82) is 0 Å². The average Bonchev–Trinajstić information content (AvgIpc) is 2.84. The van der Waals surface area contributed by atoms with Gasteiger partial charge in [0.2, 0.25) is 0 Å². The molecule has 1 aliphatic heterocycles. The molecule has 2 aromatic rings. The van der Waals surface area contributed by atoms with Gasteiger partial charge in [0, 0.05) is 11.6 Å². The second-order valence-electron chi connectivity index (χ2n) is 4.15. The molecule has 3 rings (SSSR count). The maximum Gasteiger partial charge on any atom is 0.273 e. The number of ether oxygens (including phenoxy) is 1. The number of nitrogens with zero attached hydrogens (tertiary/aromatic N) is 1. The number of amides is 1. The fraction of sp³-hybridized carbons (Fsp3) is 0.231. The van der Waals surface area contributed by atoms with Crippen molar-refractivity contribution in [1.82, 2.24) is 10.5 Å². The van der Waals surface area contributed by atoms with Crippen LogP contribution in [0, 0.1) is 0 Å². The van der Waals surface area contributed by atoms with E-state index in [1.807, 2.05) is 30.3 Å². The van der Waals surface area contributed by atoms with Gasteiger partial charge < -0.3 is 14.6 Å². The van der Waals surface area contributed by atoms with Crippen LogP contribution in [0.4, 0.5) is 0 Å².